The molecular formula is C24H29N3O4. The molecule has 1 spiro atoms. The van der Waals surface area contributed by atoms with Crippen LogP contribution in [0.1, 0.15) is 23.6 Å². The van der Waals surface area contributed by atoms with Crippen LogP contribution in [0.2, 0.25) is 0 Å². The fourth-order valence-electron chi connectivity index (χ4n) is 4.88. The number of nitrogens with one attached hydrogen (secondary N) is 1. The Morgan fingerprint density at radius 2 is 2.03 bits per heavy atom. The van der Waals surface area contributed by atoms with Gasteiger partial charge in [-0.2, -0.15) is 0 Å². The Morgan fingerprint density at radius 1 is 1.23 bits per heavy atom. The maximum absolute atomic E-state index is 13.4. The Labute approximate surface area is 182 Å². The third-order valence-electron chi connectivity index (χ3n) is 6.40. The minimum atomic E-state index is -0.816. The Balaban J connectivity index is 1.75. The first-order chi connectivity index (χ1) is 15.0. The van der Waals surface area contributed by atoms with Crippen LogP contribution in [0.5, 0.6) is 5.75 Å². The zero-order valence-corrected chi connectivity index (χ0v) is 18.3. The van der Waals surface area contributed by atoms with E-state index in [9.17, 15) is 9.59 Å². The zero-order chi connectivity index (χ0) is 22.0. The lowest BCUT2D eigenvalue weighted by molar-refractivity contribution is -0.134. The Bertz CT molecular complexity index is 979. The van der Waals surface area contributed by atoms with Crippen LogP contribution in [0, 0.1) is 0 Å². The fraction of sp³-hybridized carbons (Fsp3) is 0.417. The summed E-state index contributed by atoms with van der Waals surface area (Å²) < 4.78 is 10.6. The average molecular weight is 424 g/mol. The van der Waals surface area contributed by atoms with E-state index in [4.69, 9.17) is 9.47 Å². The molecule has 1 saturated heterocycles. The van der Waals surface area contributed by atoms with Crippen molar-refractivity contribution in [3.05, 3.63) is 59.7 Å². The molecule has 4 rings (SSSR count). The summed E-state index contributed by atoms with van der Waals surface area (Å²) in [5.74, 6) is 0.654. The first kappa shape index (κ1) is 21.3. The van der Waals surface area contributed by atoms with Crippen molar-refractivity contribution >= 4 is 17.5 Å². The summed E-state index contributed by atoms with van der Waals surface area (Å²) in [7, 11) is 5.17. The highest BCUT2D eigenvalue weighted by Crippen LogP contribution is 2.54. The quantitative estimate of drug-likeness (QED) is 0.741. The average Bonchev–Trinajstić information content (AvgIpc) is 3.32. The lowest BCUT2D eigenvalue weighted by Crippen LogP contribution is -2.45. The van der Waals surface area contributed by atoms with E-state index in [-0.39, 0.29) is 18.4 Å². The van der Waals surface area contributed by atoms with Crippen molar-refractivity contribution in [1.82, 2.24) is 9.80 Å². The third-order valence-corrected chi connectivity index (χ3v) is 6.40. The molecule has 0 aromatic heterocycles. The van der Waals surface area contributed by atoms with E-state index in [1.165, 1.54) is 0 Å². The van der Waals surface area contributed by atoms with Gasteiger partial charge >= 0.3 is 0 Å². The molecule has 7 nitrogen and oxygen atoms in total. The fourth-order valence-corrected chi connectivity index (χ4v) is 4.88. The van der Waals surface area contributed by atoms with Gasteiger partial charge in [0.1, 0.15) is 11.2 Å². The topological polar surface area (TPSA) is 71.1 Å². The number of para-hydroxylation sites is 1. The molecule has 0 saturated carbocycles. The monoisotopic (exact) mass is 423 g/mol. The summed E-state index contributed by atoms with van der Waals surface area (Å²) in [5.41, 5.74) is 1.86. The van der Waals surface area contributed by atoms with Gasteiger partial charge in [-0.3, -0.25) is 14.5 Å². The van der Waals surface area contributed by atoms with Gasteiger partial charge in [-0.1, -0.05) is 30.3 Å². The lowest BCUT2D eigenvalue weighted by Gasteiger charge is -2.35. The minimum Gasteiger partial charge on any atom is -0.497 e. The lowest BCUT2D eigenvalue weighted by atomic mass is 9.72. The molecule has 7 heteroatoms. The van der Waals surface area contributed by atoms with Gasteiger partial charge in [-0.15, -0.1) is 0 Å². The van der Waals surface area contributed by atoms with Gasteiger partial charge in [0.05, 0.1) is 26.3 Å². The summed E-state index contributed by atoms with van der Waals surface area (Å²) in [6.07, 6.45) is 0.575. The smallest absolute Gasteiger partial charge is 0.237 e. The van der Waals surface area contributed by atoms with Gasteiger partial charge in [0.2, 0.25) is 11.8 Å². The molecular weight excluding hydrogens is 394 g/mol. The Morgan fingerprint density at radius 3 is 2.81 bits per heavy atom. The van der Waals surface area contributed by atoms with Crippen molar-refractivity contribution in [2.45, 2.75) is 17.9 Å². The van der Waals surface area contributed by atoms with Crippen LogP contribution in [0.3, 0.4) is 0 Å². The van der Waals surface area contributed by atoms with Crippen LogP contribution in [-0.2, 0) is 19.7 Å². The molecule has 2 atom stereocenters. The molecule has 2 heterocycles. The number of methoxy groups -OCH3 is 2. The molecule has 2 aromatic carbocycles. The van der Waals surface area contributed by atoms with E-state index < -0.39 is 11.5 Å². The van der Waals surface area contributed by atoms with Crippen LogP contribution >= 0.6 is 0 Å². The minimum absolute atomic E-state index is 0.000444. The molecule has 2 aliphatic heterocycles. The molecule has 164 valence electrons. The maximum Gasteiger partial charge on any atom is 0.237 e. The first-order valence-electron chi connectivity index (χ1n) is 10.5. The number of anilines is 1. The van der Waals surface area contributed by atoms with Gasteiger partial charge in [-0.25, -0.2) is 0 Å². The number of ether oxygens (including phenoxy) is 2. The number of carbonyl (C=O) groups excluding carboxylic acids is 2. The molecule has 1 fully saturated rings. The standard InChI is InChI=1S/C24H29N3O4/c1-26(13-14-30-2)16-21(28)27-12-11-24(19-9-4-5-10-20(19)25-23(24)29)22(27)17-7-6-8-18(15-17)31-3/h4-10,15,22H,11-14,16H2,1-3H3,(H,25,29)/t22-,24+/m0/s1. The number of rotatable bonds is 7. The number of amides is 2. The van der Waals surface area contributed by atoms with Crippen molar-refractivity contribution in [2.24, 2.45) is 0 Å². The van der Waals surface area contributed by atoms with Crippen molar-refractivity contribution in [2.75, 3.05) is 52.8 Å². The molecule has 2 aliphatic rings. The van der Waals surface area contributed by atoms with Gasteiger partial charge in [0.25, 0.3) is 0 Å². The highest BCUT2D eigenvalue weighted by molar-refractivity contribution is 6.07. The van der Waals surface area contributed by atoms with Crippen molar-refractivity contribution in [3.8, 4) is 5.75 Å². The van der Waals surface area contributed by atoms with Gasteiger partial charge in [0, 0.05) is 25.9 Å². The second kappa shape index (κ2) is 8.69. The van der Waals surface area contributed by atoms with E-state index in [1.807, 2.05) is 65.4 Å². The number of carbonyl (C=O) groups is 2. The third kappa shape index (κ3) is 3.68. The number of fused-ring (bicyclic) bond motifs is 2. The second-order valence-corrected chi connectivity index (χ2v) is 8.22. The number of hydrogen-bond donors (Lipinski definition) is 1. The van der Waals surface area contributed by atoms with Crippen LogP contribution < -0.4 is 10.1 Å². The summed E-state index contributed by atoms with van der Waals surface area (Å²) in [4.78, 5) is 30.6. The number of nitrogens with zero attached hydrogens (tertiary/aromatic N) is 2. The highest BCUT2D eigenvalue weighted by Gasteiger charge is 2.59. The molecule has 0 bridgehead atoms. The summed E-state index contributed by atoms with van der Waals surface area (Å²) in [5, 5.41) is 3.05. The maximum atomic E-state index is 13.4. The van der Waals surface area contributed by atoms with E-state index in [0.717, 1.165) is 16.8 Å². The predicted molar refractivity (Wildman–Crippen MR) is 118 cm³/mol. The number of likely N-dealkylation sites (N-methyl/N-ethyl adjacent to an activating group) is 1. The Kier molecular flexibility index (Phi) is 5.98. The van der Waals surface area contributed by atoms with Gasteiger partial charge in [0.15, 0.2) is 0 Å². The molecule has 0 radical (unpaired) electrons. The van der Waals surface area contributed by atoms with Crippen molar-refractivity contribution < 1.29 is 19.1 Å². The van der Waals surface area contributed by atoms with E-state index in [0.29, 0.717) is 31.9 Å². The highest BCUT2D eigenvalue weighted by atomic mass is 16.5. The number of likely N-dealkylation sites (tertiary alicyclic amines) is 1. The normalized spacial score (nSPS) is 22.1. The largest absolute Gasteiger partial charge is 0.497 e. The van der Waals surface area contributed by atoms with Crippen molar-refractivity contribution in [3.63, 3.8) is 0 Å². The van der Waals surface area contributed by atoms with Crippen LogP contribution in [0.15, 0.2) is 48.5 Å². The Hall–Kier alpha value is -2.90. The molecule has 1 N–H and O–H groups in total. The van der Waals surface area contributed by atoms with Crippen LogP contribution in [-0.4, -0.2) is 69.1 Å². The zero-order valence-electron chi connectivity index (χ0n) is 18.3. The molecule has 0 aliphatic carbocycles. The van der Waals surface area contributed by atoms with Crippen LogP contribution in [0.4, 0.5) is 5.69 Å². The molecule has 31 heavy (non-hydrogen) atoms. The van der Waals surface area contributed by atoms with E-state index >= 15 is 0 Å². The van der Waals surface area contributed by atoms with Gasteiger partial charge in [-0.05, 0) is 42.8 Å². The SMILES string of the molecule is COCCN(C)CC(=O)N1CC[C@]2(C(=O)Nc3ccccc32)[C@@H]1c1cccc(OC)c1. The summed E-state index contributed by atoms with van der Waals surface area (Å²) >= 11 is 0. The van der Waals surface area contributed by atoms with Crippen molar-refractivity contribution in [1.29, 1.82) is 0 Å². The summed E-state index contributed by atoms with van der Waals surface area (Å²) in [6.45, 7) is 2.00. The number of benzene rings is 2. The number of hydrogen-bond acceptors (Lipinski definition) is 5. The molecule has 0 unspecified atom stereocenters. The summed E-state index contributed by atoms with van der Waals surface area (Å²) in [6, 6.07) is 15.1. The van der Waals surface area contributed by atoms with E-state index in [1.54, 1.807) is 14.2 Å². The first-order valence-corrected chi connectivity index (χ1v) is 10.5. The second-order valence-electron chi connectivity index (χ2n) is 8.22. The predicted octanol–water partition coefficient (Wildman–Crippen LogP) is 2.44. The van der Waals surface area contributed by atoms with E-state index in [2.05, 4.69) is 5.32 Å². The molecule has 2 amide bonds. The van der Waals surface area contributed by atoms with Gasteiger partial charge < -0.3 is 19.7 Å². The molecule has 2 aromatic rings. The van der Waals surface area contributed by atoms with Crippen LogP contribution in [0.25, 0.3) is 0 Å².